The summed E-state index contributed by atoms with van der Waals surface area (Å²) in [7, 11) is 0. The molecule has 1 aliphatic heterocycles. The normalized spacial score (nSPS) is 15.3. The number of anilines is 1. The van der Waals surface area contributed by atoms with Gasteiger partial charge in [-0.25, -0.2) is 0 Å². The van der Waals surface area contributed by atoms with Gasteiger partial charge in [-0.05, 0) is 26.3 Å². The fourth-order valence-corrected chi connectivity index (χ4v) is 2.66. The summed E-state index contributed by atoms with van der Waals surface area (Å²) in [5.74, 6) is 0.959. The molecule has 1 aromatic heterocycles. The van der Waals surface area contributed by atoms with E-state index in [2.05, 4.69) is 16.0 Å². The summed E-state index contributed by atoms with van der Waals surface area (Å²) in [6, 6.07) is 2.19. The highest BCUT2D eigenvalue weighted by Crippen LogP contribution is 2.26. The zero-order valence-electron chi connectivity index (χ0n) is 12.7. The van der Waals surface area contributed by atoms with E-state index in [1.807, 2.05) is 20.8 Å². The minimum atomic E-state index is 0.135. The molecule has 0 unspecified atom stereocenters. The first-order valence-electron chi connectivity index (χ1n) is 7.14. The number of hydrogen-bond acceptors (Lipinski definition) is 5. The van der Waals surface area contributed by atoms with Crippen LogP contribution in [0.1, 0.15) is 30.5 Å². The number of H-pyrrole nitrogens is 1. The van der Waals surface area contributed by atoms with Crippen molar-refractivity contribution in [2.24, 2.45) is 0 Å². The van der Waals surface area contributed by atoms with Crippen molar-refractivity contribution < 1.29 is 9.47 Å². The monoisotopic (exact) mass is 307 g/mol. The maximum Gasteiger partial charge on any atom is 0.123 e. The molecule has 1 aliphatic rings. The number of nitrogens with one attached hydrogen (secondary N) is 1. The minimum Gasteiger partial charge on any atom is -0.378 e. The van der Waals surface area contributed by atoms with Crippen LogP contribution in [0.5, 0.6) is 0 Å². The van der Waals surface area contributed by atoms with Crippen molar-refractivity contribution in [1.82, 2.24) is 4.98 Å². The van der Waals surface area contributed by atoms with Crippen molar-refractivity contribution in [1.29, 1.82) is 5.26 Å². The Morgan fingerprint density at radius 2 is 2.10 bits per heavy atom. The number of nitrogens with zero attached hydrogens (tertiary/aromatic N) is 2. The standard InChI is InChI=1S/C15H21N3O2S/c1-10(2)20-9-13-11(3)12(8-16)15(21)17-14(13)18-4-6-19-7-5-18/h10H,4-7,9H2,1-3H3,(H,17,21). The molecule has 1 fully saturated rings. The SMILES string of the molecule is Cc1c(COC(C)C)c(N2CCOCC2)[nH]c(=S)c1C#N. The summed E-state index contributed by atoms with van der Waals surface area (Å²) in [4.78, 5) is 5.43. The van der Waals surface area contributed by atoms with Crippen molar-refractivity contribution in [2.75, 3.05) is 31.2 Å². The molecule has 1 N–H and O–H groups in total. The van der Waals surface area contributed by atoms with Gasteiger partial charge in [-0.1, -0.05) is 12.2 Å². The first-order chi connectivity index (χ1) is 10.0. The number of hydrogen-bond donors (Lipinski definition) is 1. The summed E-state index contributed by atoms with van der Waals surface area (Å²) in [5.41, 5.74) is 2.45. The Hall–Kier alpha value is -1.42. The highest BCUT2D eigenvalue weighted by Gasteiger charge is 2.20. The fraction of sp³-hybridized carbons (Fsp3) is 0.600. The van der Waals surface area contributed by atoms with Gasteiger partial charge in [0, 0.05) is 18.7 Å². The highest BCUT2D eigenvalue weighted by molar-refractivity contribution is 7.71. The number of aromatic amines is 1. The maximum atomic E-state index is 9.29. The van der Waals surface area contributed by atoms with Gasteiger partial charge < -0.3 is 19.4 Å². The Morgan fingerprint density at radius 1 is 1.43 bits per heavy atom. The Labute approximate surface area is 130 Å². The number of pyridine rings is 1. The third kappa shape index (κ3) is 3.62. The minimum absolute atomic E-state index is 0.135. The van der Waals surface area contributed by atoms with E-state index < -0.39 is 0 Å². The van der Waals surface area contributed by atoms with Crippen LogP contribution in [0.25, 0.3) is 0 Å². The average molecular weight is 307 g/mol. The lowest BCUT2D eigenvalue weighted by atomic mass is 10.1. The van der Waals surface area contributed by atoms with E-state index in [4.69, 9.17) is 21.7 Å². The summed E-state index contributed by atoms with van der Waals surface area (Å²) in [6.45, 7) is 9.42. The summed E-state index contributed by atoms with van der Waals surface area (Å²) < 4.78 is 11.6. The fourth-order valence-electron chi connectivity index (χ4n) is 2.36. The van der Waals surface area contributed by atoms with Crippen LogP contribution in [-0.4, -0.2) is 37.4 Å². The lowest BCUT2D eigenvalue weighted by molar-refractivity contribution is 0.0651. The van der Waals surface area contributed by atoms with Crippen molar-refractivity contribution in [3.8, 4) is 6.07 Å². The van der Waals surface area contributed by atoms with Crippen LogP contribution in [0.3, 0.4) is 0 Å². The second-order valence-electron chi connectivity index (χ2n) is 5.35. The van der Waals surface area contributed by atoms with Crippen LogP contribution in [0, 0.1) is 22.9 Å². The molecule has 1 saturated heterocycles. The molecule has 0 saturated carbocycles. The van der Waals surface area contributed by atoms with E-state index in [0.717, 1.165) is 30.0 Å². The van der Waals surface area contributed by atoms with Crippen molar-refractivity contribution in [3.63, 3.8) is 0 Å². The van der Waals surface area contributed by atoms with Gasteiger partial charge in [-0.2, -0.15) is 5.26 Å². The molecule has 2 rings (SSSR count). The van der Waals surface area contributed by atoms with Crippen LogP contribution in [0.2, 0.25) is 0 Å². The molecular formula is C15H21N3O2S. The lowest BCUT2D eigenvalue weighted by Crippen LogP contribution is -2.37. The van der Waals surface area contributed by atoms with E-state index in [-0.39, 0.29) is 6.10 Å². The number of ether oxygens (including phenoxy) is 2. The molecule has 0 bridgehead atoms. The summed E-state index contributed by atoms with van der Waals surface area (Å²) in [6.07, 6.45) is 0.135. The Kier molecular flexibility index (Phi) is 5.34. The van der Waals surface area contributed by atoms with E-state index in [1.54, 1.807) is 0 Å². The molecule has 1 aromatic rings. The summed E-state index contributed by atoms with van der Waals surface area (Å²) >= 11 is 5.31. The highest BCUT2D eigenvalue weighted by atomic mass is 32.1. The molecule has 2 heterocycles. The van der Waals surface area contributed by atoms with Gasteiger partial charge in [-0.3, -0.25) is 0 Å². The van der Waals surface area contributed by atoms with Gasteiger partial charge in [-0.15, -0.1) is 0 Å². The lowest BCUT2D eigenvalue weighted by Gasteiger charge is -2.31. The second kappa shape index (κ2) is 7.03. The van der Waals surface area contributed by atoms with Crippen LogP contribution in [-0.2, 0) is 16.1 Å². The molecule has 5 nitrogen and oxygen atoms in total. The number of rotatable bonds is 4. The number of nitriles is 1. The van der Waals surface area contributed by atoms with Gasteiger partial charge >= 0.3 is 0 Å². The van der Waals surface area contributed by atoms with Crippen molar-refractivity contribution >= 4 is 18.0 Å². The molecule has 6 heteroatoms. The summed E-state index contributed by atoms with van der Waals surface area (Å²) in [5, 5.41) is 9.29. The first kappa shape index (κ1) is 16.0. The van der Waals surface area contributed by atoms with E-state index in [0.29, 0.717) is 30.0 Å². The third-order valence-corrected chi connectivity index (χ3v) is 3.88. The molecule has 0 amide bonds. The maximum absolute atomic E-state index is 9.29. The largest absolute Gasteiger partial charge is 0.378 e. The average Bonchev–Trinajstić information content (AvgIpc) is 2.47. The third-order valence-electron chi connectivity index (χ3n) is 3.57. The molecular weight excluding hydrogens is 286 g/mol. The Balaban J connectivity index is 2.45. The van der Waals surface area contributed by atoms with Gasteiger partial charge in [0.2, 0.25) is 0 Å². The number of morpholine rings is 1. The van der Waals surface area contributed by atoms with Gasteiger partial charge in [0.1, 0.15) is 16.5 Å². The Bertz CT molecular complexity index is 598. The van der Waals surface area contributed by atoms with Gasteiger partial charge in [0.25, 0.3) is 0 Å². The van der Waals surface area contributed by atoms with Gasteiger partial charge in [0.15, 0.2) is 0 Å². The van der Waals surface area contributed by atoms with Crippen LogP contribution < -0.4 is 4.90 Å². The predicted octanol–water partition coefficient (Wildman–Crippen LogP) is 2.69. The second-order valence-corrected chi connectivity index (χ2v) is 5.76. The molecule has 0 atom stereocenters. The first-order valence-corrected chi connectivity index (χ1v) is 7.55. The zero-order chi connectivity index (χ0) is 15.4. The molecule has 114 valence electrons. The van der Waals surface area contributed by atoms with E-state index in [1.165, 1.54) is 0 Å². The van der Waals surface area contributed by atoms with Crippen LogP contribution >= 0.6 is 12.2 Å². The van der Waals surface area contributed by atoms with E-state index >= 15 is 0 Å². The molecule has 0 aliphatic carbocycles. The van der Waals surface area contributed by atoms with Gasteiger partial charge in [0.05, 0.1) is 31.5 Å². The smallest absolute Gasteiger partial charge is 0.123 e. The topological polar surface area (TPSA) is 61.3 Å². The number of aromatic nitrogens is 1. The van der Waals surface area contributed by atoms with Crippen molar-refractivity contribution in [2.45, 2.75) is 33.5 Å². The van der Waals surface area contributed by atoms with Crippen LogP contribution in [0.15, 0.2) is 0 Å². The zero-order valence-corrected chi connectivity index (χ0v) is 13.5. The Morgan fingerprint density at radius 3 is 2.67 bits per heavy atom. The predicted molar refractivity (Wildman–Crippen MR) is 84.0 cm³/mol. The van der Waals surface area contributed by atoms with Crippen LogP contribution in [0.4, 0.5) is 5.82 Å². The molecule has 0 spiro atoms. The van der Waals surface area contributed by atoms with Crippen molar-refractivity contribution in [3.05, 3.63) is 21.3 Å². The molecule has 21 heavy (non-hydrogen) atoms. The quantitative estimate of drug-likeness (QED) is 0.867. The molecule has 0 aromatic carbocycles. The molecule has 0 radical (unpaired) electrons. The van der Waals surface area contributed by atoms with E-state index in [9.17, 15) is 5.26 Å².